The van der Waals surface area contributed by atoms with Gasteiger partial charge in [0.05, 0.1) is 24.1 Å². The molecule has 0 aliphatic rings. The molecule has 0 radical (unpaired) electrons. The van der Waals surface area contributed by atoms with Crippen molar-refractivity contribution in [3.05, 3.63) is 58.9 Å². The van der Waals surface area contributed by atoms with Gasteiger partial charge >= 0.3 is 0 Å². The first-order chi connectivity index (χ1) is 17.3. The smallest absolute Gasteiger partial charge is 0.242 e. The van der Waals surface area contributed by atoms with Crippen molar-refractivity contribution < 1.29 is 27.1 Å². The van der Waals surface area contributed by atoms with E-state index in [1.807, 2.05) is 13.8 Å². The van der Waals surface area contributed by atoms with Crippen LogP contribution in [0.1, 0.15) is 39.2 Å². The number of anilines is 1. The fourth-order valence-corrected chi connectivity index (χ4v) is 4.87. The van der Waals surface area contributed by atoms with Gasteiger partial charge in [-0.1, -0.05) is 43.6 Å². The van der Waals surface area contributed by atoms with E-state index in [0.717, 1.165) is 10.6 Å². The number of nitrogens with one attached hydrogen (secondary N) is 1. The molecule has 0 bridgehead atoms. The quantitative estimate of drug-likeness (QED) is 0.399. The summed E-state index contributed by atoms with van der Waals surface area (Å²) in [6.45, 7) is 5.86. The number of amides is 2. The van der Waals surface area contributed by atoms with Gasteiger partial charge in [0.2, 0.25) is 21.8 Å². The summed E-state index contributed by atoms with van der Waals surface area (Å²) in [4.78, 5) is 27.3. The molecule has 8 nitrogen and oxygen atoms in total. The maximum atomic E-state index is 14.4. The number of carbonyl (C=O) groups is 2. The van der Waals surface area contributed by atoms with E-state index in [1.165, 1.54) is 24.1 Å². The Hall–Kier alpha value is -2.85. The van der Waals surface area contributed by atoms with Crippen LogP contribution < -0.4 is 14.4 Å². The molecule has 204 valence electrons. The Morgan fingerprint density at radius 3 is 2.38 bits per heavy atom. The normalized spacial score (nSPS) is 12.2. The van der Waals surface area contributed by atoms with Crippen molar-refractivity contribution in [2.75, 3.05) is 30.8 Å². The summed E-state index contributed by atoms with van der Waals surface area (Å²) in [6.07, 6.45) is 1.19. The van der Waals surface area contributed by atoms with Gasteiger partial charge in [0.1, 0.15) is 17.6 Å². The molecule has 2 aromatic carbocycles. The number of nitrogens with zero attached hydrogens (tertiary/aromatic N) is 2. The minimum Gasteiger partial charge on any atom is -0.495 e. The molecule has 0 aliphatic carbocycles. The van der Waals surface area contributed by atoms with Crippen LogP contribution in [0.4, 0.5) is 10.1 Å². The lowest BCUT2D eigenvalue weighted by atomic mass is 10.1. The third kappa shape index (κ3) is 8.89. The van der Waals surface area contributed by atoms with Crippen LogP contribution in [0.15, 0.2) is 42.5 Å². The SMILES string of the molecule is COc1ccc(N(CCCC(=O)N(Cc2ccccc2F)[C@@H](C)C(=O)NCC(C)C)S(C)(=O)=O)cc1Cl. The monoisotopic (exact) mass is 555 g/mol. The van der Waals surface area contributed by atoms with Crippen LogP contribution in [-0.2, 0) is 26.2 Å². The minimum absolute atomic E-state index is 0.00863. The summed E-state index contributed by atoms with van der Waals surface area (Å²) in [7, 11) is -2.22. The molecule has 2 aromatic rings. The topological polar surface area (TPSA) is 96.0 Å². The largest absolute Gasteiger partial charge is 0.495 e. The molecule has 0 heterocycles. The van der Waals surface area contributed by atoms with E-state index in [0.29, 0.717) is 18.0 Å². The van der Waals surface area contributed by atoms with Crippen molar-refractivity contribution in [1.82, 2.24) is 10.2 Å². The molecule has 2 rings (SSSR count). The molecule has 1 N–H and O–H groups in total. The second kappa shape index (κ2) is 13.6. The summed E-state index contributed by atoms with van der Waals surface area (Å²) in [5.74, 6) is -0.585. The molecule has 0 fully saturated rings. The molecular formula is C26H35ClFN3O5S. The zero-order valence-corrected chi connectivity index (χ0v) is 23.4. The maximum absolute atomic E-state index is 14.4. The van der Waals surface area contributed by atoms with Gasteiger partial charge in [-0.05, 0) is 43.5 Å². The molecule has 1 atom stereocenters. The average Bonchev–Trinajstić information content (AvgIpc) is 2.83. The van der Waals surface area contributed by atoms with Crippen molar-refractivity contribution in [3.63, 3.8) is 0 Å². The van der Waals surface area contributed by atoms with Gasteiger partial charge in [-0.2, -0.15) is 0 Å². The van der Waals surface area contributed by atoms with Gasteiger partial charge < -0.3 is 15.0 Å². The lowest BCUT2D eigenvalue weighted by molar-refractivity contribution is -0.140. The molecule has 0 saturated carbocycles. The van der Waals surface area contributed by atoms with Crippen LogP contribution in [-0.4, -0.2) is 57.6 Å². The number of carbonyl (C=O) groups excluding carboxylic acids is 2. The number of benzene rings is 2. The second-order valence-corrected chi connectivity index (χ2v) is 11.5. The summed E-state index contributed by atoms with van der Waals surface area (Å²) < 4.78 is 45.6. The van der Waals surface area contributed by atoms with E-state index in [2.05, 4.69) is 5.32 Å². The van der Waals surface area contributed by atoms with Gasteiger partial charge in [-0.15, -0.1) is 0 Å². The maximum Gasteiger partial charge on any atom is 0.242 e. The third-order valence-corrected chi connectivity index (χ3v) is 7.22. The predicted molar refractivity (Wildman–Crippen MR) is 144 cm³/mol. The summed E-state index contributed by atoms with van der Waals surface area (Å²) in [5, 5.41) is 3.06. The molecule has 2 amide bonds. The van der Waals surface area contributed by atoms with Crippen LogP contribution in [0.5, 0.6) is 5.75 Å². The molecule has 11 heteroatoms. The highest BCUT2D eigenvalue weighted by Crippen LogP contribution is 2.30. The minimum atomic E-state index is -3.68. The highest BCUT2D eigenvalue weighted by molar-refractivity contribution is 7.92. The van der Waals surface area contributed by atoms with E-state index in [9.17, 15) is 22.4 Å². The lowest BCUT2D eigenvalue weighted by Crippen LogP contribution is -2.48. The number of hydrogen-bond donors (Lipinski definition) is 1. The van der Waals surface area contributed by atoms with Crippen molar-refractivity contribution in [2.24, 2.45) is 5.92 Å². The van der Waals surface area contributed by atoms with Gasteiger partial charge in [0, 0.05) is 31.6 Å². The van der Waals surface area contributed by atoms with Crippen molar-refractivity contribution in [1.29, 1.82) is 0 Å². The Kier molecular flexibility index (Phi) is 11.2. The van der Waals surface area contributed by atoms with Crippen LogP contribution in [0.2, 0.25) is 5.02 Å². The van der Waals surface area contributed by atoms with E-state index in [1.54, 1.807) is 37.3 Å². The summed E-state index contributed by atoms with van der Waals surface area (Å²) in [6, 6.07) is 9.84. The van der Waals surface area contributed by atoms with Gasteiger partial charge in [-0.25, -0.2) is 12.8 Å². The zero-order valence-electron chi connectivity index (χ0n) is 21.8. The van der Waals surface area contributed by atoms with E-state index in [4.69, 9.17) is 16.3 Å². The standard InChI is InChI=1S/C26H35ClFN3O5S/c1-18(2)16-29-26(33)19(3)30(17-20-9-6-7-10-23(20)28)25(32)11-8-14-31(37(5,34)35)21-12-13-24(36-4)22(27)15-21/h6-7,9-10,12-13,15,18-19H,8,11,14,16-17H2,1-5H3,(H,29,33)/t19-/m0/s1. The predicted octanol–water partition coefficient (Wildman–Crippen LogP) is 4.22. The van der Waals surface area contributed by atoms with E-state index in [-0.39, 0.29) is 48.3 Å². The fourth-order valence-electron chi connectivity index (χ4n) is 3.66. The van der Waals surface area contributed by atoms with Crippen molar-refractivity contribution >= 4 is 39.1 Å². The Morgan fingerprint density at radius 1 is 1.14 bits per heavy atom. The molecule has 0 aromatic heterocycles. The Bertz CT molecular complexity index is 1190. The molecule has 0 aliphatic heterocycles. The lowest BCUT2D eigenvalue weighted by Gasteiger charge is -2.30. The molecule has 0 spiro atoms. The van der Waals surface area contributed by atoms with Crippen molar-refractivity contribution in [3.8, 4) is 5.75 Å². The average molecular weight is 556 g/mol. The highest BCUT2D eigenvalue weighted by atomic mass is 35.5. The van der Waals surface area contributed by atoms with Crippen LogP contribution >= 0.6 is 11.6 Å². The fraction of sp³-hybridized carbons (Fsp3) is 0.462. The van der Waals surface area contributed by atoms with Gasteiger partial charge in [0.15, 0.2) is 0 Å². The number of hydrogen-bond acceptors (Lipinski definition) is 5. The number of methoxy groups -OCH3 is 1. The number of sulfonamides is 1. The zero-order chi connectivity index (χ0) is 27.8. The Morgan fingerprint density at radius 2 is 1.81 bits per heavy atom. The first-order valence-corrected chi connectivity index (χ1v) is 14.2. The van der Waals surface area contributed by atoms with Crippen LogP contribution in [0, 0.1) is 11.7 Å². The number of rotatable bonds is 13. The first-order valence-electron chi connectivity index (χ1n) is 12.0. The Labute approximate surface area is 223 Å². The van der Waals surface area contributed by atoms with Gasteiger partial charge in [0.25, 0.3) is 0 Å². The van der Waals surface area contributed by atoms with Crippen LogP contribution in [0.3, 0.4) is 0 Å². The van der Waals surface area contributed by atoms with Gasteiger partial charge in [-0.3, -0.25) is 13.9 Å². The number of halogens is 2. The third-order valence-electron chi connectivity index (χ3n) is 5.73. The second-order valence-electron chi connectivity index (χ2n) is 9.19. The van der Waals surface area contributed by atoms with E-state index < -0.39 is 27.8 Å². The summed E-state index contributed by atoms with van der Waals surface area (Å²) in [5.41, 5.74) is 0.621. The number of ether oxygens (including phenoxy) is 1. The van der Waals surface area contributed by atoms with E-state index >= 15 is 0 Å². The first kappa shape index (κ1) is 30.4. The van der Waals surface area contributed by atoms with Crippen molar-refractivity contribution in [2.45, 2.75) is 46.2 Å². The molecular weight excluding hydrogens is 521 g/mol. The molecule has 37 heavy (non-hydrogen) atoms. The summed E-state index contributed by atoms with van der Waals surface area (Å²) >= 11 is 6.17. The molecule has 0 saturated heterocycles. The Balaban J connectivity index is 2.19. The van der Waals surface area contributed by atoms with Crippen LogP contribution in [0.25, 0.3) is 0 Å². The molecule has 0 unspecified atom stereocenters. The highest BCUT2D eigenvalue weighted by Gasteiger charge is 2.27.